The second-order valence-electron chi connectivity index (χ2n) is 15.1. The third-order valence-electron chi connectivity index (χ3n) is 10.1. The minimum Gasteiger partial charge on any atom is -0.499 e. The Hall–Kier alpha value is -2.88. The van der Waals surface area contributed by atoms with Crippen molar-refractivity contribution in [3.63, 3.8) is 0 Å². The highest BCUT2D eigenvalue weighted by atomic mass is 16.5. The highest BCUT2D eigenvalue weighted by Gasteiger charge is 2.23. The lowest BCUT2D eigenvalue weighted by molar-refractivity contribution is 0.149. The van der Waals surface area contributed by atoms with Gasteiger partial charge in [-0.15, -0.1) is 0 Å². The molecule has 2 rings (SSSR count). The highest BCUT2D eigenvalue weighted by molar-refractivity contribution is 5.41. The fraction of sp³-hybridized carbons (Fsp3) is 0.660. The summed E-state index contributed by atoms with van der Waals surface area (Å²) in [6.45, 7) is 14.5. The minimum atomic E-state index is -0.0881. The van der Waals surface area contributed by atoms with Crippen molar-refractivity contribution in [2.24, 2.45) is 0 Å². The van der Waals surface area contributed by atoms with Crippen LogP contribution in [0.1, 0.15) is 181 Å². The molecule has 0 aliphatic rings. The molecule has 288 valence electrons. The lowest BCUT2D eigenvalue weighted by Crippen LogP contribution is -2.18. The molecule has 0 spiro atoms. The van der Waals surface area contributed by atoms with E-state index in [1.54, 1.807) is 0 Å². The molecule has 2 unspecified atom stereocenters. The Kier molecular flexibility index (Phi) is 24.9. The van der Waals surface area contributed by atoms with E-state index in [2.05, 4.69) is 76.2 Å². The van der Waals surface area contributed by atoms with Gasteiger partial charge in [-0.1, -0.05) is 140 Å². The van der Waals surface area contributed by atoms with Crippen LogP contribution in [0, 0.1) is 0 Å². The van der Waals surface area contributed by atoms with Crippen LogP contribution in [0.2, 0.25) is 0 Å². The maximum Gasteiger partial charge on any atom is 0.119 e. The summed E-state index contributed by atoms with van der Waals surface area (Å²) >= 11 is 0. The molecular formula is C47H76O4. The maximum absolute atomic E-state index is 6.08. The molecule has 4 heteroatoms. The topological polar surface area (TPSA) is 36.9 Å². The zero-order valence-corrected chi connectivity index (χ0v) is 33.8. The van der Waals surface area contributed by atoms with Gasteiger partial charge in [-0.2, -0.15) is 0 Å². The van der Waals surface area contributed by atoms with Crippen molar-refractivity contribution >= 4 is 0 Å². The number of rotatable bonds is 32. The van der Waals surface area contributed by atoms with Gasteiger partial charge in [0.1, 0.15) is 11.5 Å². The molecule has 2 atom stereocenters. The predicted molar refractivity (Wildman–Crippen MR) is 219 cm³/mol. The van der Waals surface area contributed by atoms with Gasteiger partial charge in [0, 0.05) is 5.41 Å². The molecule has 4 nitrogen and oxygen atoms in total. The lowest BCUT2D eigenvalue weighted by Gasteiger charge is -2.26. The zero-order valence-electron chi connectivity index (χ0n) is 33.8. The van der Waals surface area contributed by atoms with Gasteiger partial charge in [-0.05, 0) is 102 Å². The molecule has 0 saturated carbocycles. The summed E-state index contributed by atoms with van der Waals surface area (Å²) in [7, 11) is 0. The Morgan fingerprint density at radius 2 is 0.745 bits per heavy atom. The molecule has 0 aliphatic heterocycles. The summed E-state index contributed by atoms with van der Waals surface area (Å²) < 4.78 is 23.3. The Morgan fingerprint density at radius 3 is 1.06 bits per heavy atom. The van der Waals surface area contributed by atoms with Gasteiger partial charge in [0.25, 0.3) is 0 Å². The maximum atomic E-state index is 6.08. The summed E-state index contributed by atoms with van der Waals surface area (Å²) in [6.07, 6.45) is 33.9. The molecule has 0 N–H and O–H groups in total. The molecule has 0 saturated heterocycles. The predicted octanol–water partition coefficient (Wildman–Crippen LogP) is 14.4. The summed E-state index contributed by atoms with van der Waals surface area (Å²) in [5.74, 6) is 1.94. The Morgan fingerprint density at radius 1 is 0.451 bits per heavy atom. The van der Waals surface area contributed by atoms with E-state index in [-0.39, 0.29) is 5.41 Å². The summed E-state index contributed by atoms with van der Waals surface area (Å²) in [6, 6.07) is 17.4. The third kappa shape index (κ3) is 21.3. The lowest BCUT2D eigenvalue weighted by atomic mass is 9.78. The number of ether oxygens (including phenoxy) is 4. The van der Waals surface area contributed by atoms with Crippen molar-refractivity contribution < 1.29 is 18.9 Å². The first-order valence-electron chi connectivity index (χ1n) is 20.9. The van der Waals surface area contributed by atoms with Crippen molar-refractivity contribution in [1.82, 2.24) is 0 Å². The molecular weight excluding hydrogens is 629 g/mol. The molecule has 2 aromatic carbocycles. The van der Waals surface area contributed by atoms with Gasteiger partial charge >= 0.3 is 0 Å². The van der Waals surface area contributed by atoms with Crippen LogP contribution in [0.5, 0.6) is 11.5 Å². The van der Waals surface area contributed by atoms with E-state index in [1.807, 2.05) is 38.5 Å². The normalized spacial score (nSPS) is 13.1. The summed E-state index contributed by atoms with van der Waals surface area (Å²) in [5.41, 5.74) is 2.50. The van der Waals surface area contributed by atoms with E-state index in [9.17, 15) is 0 Å². The Bertz CT molecular complexity index is 1040. The van der Waals surface area contributed by atoms with Gasteiger partial charge < -0.3 is 18.9 Å². The standard InChI is InChI=1S/C47H76O4/c1-7-37-48-41(3)27-23-19-15-11-9-13-17-21-25-39-50-45-33-29-43(30-34-45)47(5,6)44-31-35-46(36-32-44)51-40-26-22-18-14-10-12-16-20-24-28-42(4)49-38-8-2/h7-8,29-38,41-42H,9-28,39-40H2,1-6H3. The fourth-order valence-electron chi connectivity index (χ4n) is 6.59. The van der Waals surface area contributed by atoms with Gasteiger partial charge in [-0.3, -0.25) is 0 Å². The average molecular weight is 705 g/mol. The van der Waals surface area contributed by atoms with Gasteiger partial charge in [0.2, 0.25) is 0 Å². The van der Waals surface area contributed by atoms with E-state index in [0.717, 1.165) is 50.4 Å². The van der Waals surface area contributed by atoms with Crippen LogP contribution in [0.4, 0.5) is 0 Å². The molecule has 0 aliphatic carbocycles. The first-order chi connectivity index (χ1) is 24.9. The second kappa shape index (κ2) is 28.7. The molecule has 2 aromatic rings. The van der Waals surface area contributed by atoms with Crippen molar-refractivity contribution in [3.05, 3.63) is 84.3 Å². The molecule has 0 fully saturated rings. The molecule has 0 amide bonds. The second-order valence-corrected chi connectivity index (χ2v) is 15.1. The summed E-state index contributed by atoms with van der Waals surface area (Å²) in [4.78, 5) is 0. The van der Waals surface area contributed by atoms with Crippen LogP contribution in [0.15, 0.2) is 73.2 Å². The number of hydrogen-bond acceptors (Lipinski definition) is 4. The van der Waals surface area contributed by atoms with Crippen molar-refractivity contribution in [3.8, 4) is 11.5 Å². The van der Waals surface area contributed by atoms with Crippen molar-refractivity contribution in [1.29, 1.82) is 0 Å². The highest BCUT2D eigenvalue weighted by Crippen LogP contribution is 2.33. The zero-order chi connectivity index (χ0) is 36.8. The van der Waals surface area contributed by atoms with E-state index in [1.165, 1.54) is 114 Å². The van der Waals surface area contributed by atoms with E-state index < -0.39 is 0 Å². The summed E-state index contributed by atoms with van der Waals surface area (Å²) in [5, 5.41) is 0. The molecule has 0 heterocycles. The Labute approximate surface area is 314 Å². The van der Waals surface area contributed by atoms with Crippen LogP contribution in [-0.4, -0.2) is 25.4 Å². The average Bonchev–Trinajstić information content (AvgIpc) is 3.14. The Balaban J connectivity index is 1.50. The van der Waals surface area contributed by atoms with Crippen LogP contribution in [0.3, 0.4) is 0 Å². The number of hydrogen-bond donors (Lipinski definition) is 0. The monoisotopic (exact) mass is 705 g/mol. The third-order valence-corrected chi connectivity index (χ3v) is 10.1. The number of allylic oxidation sites excluding steroid dienone is 2. The first kappa shape index (κ1) is 44.3. The SMILES string of the molecule is CC=COC(C)CCCCCCCCCCCOc1ccc(C(C)(C)c2ccc(OCCCCCCCCCCCC(C)OC=CC)cc2)cc1. The quantitative estimate of drug-likeness (QED) is 0.0561. The van der Waals surface area contributed by atoms with Crippen LogP contribution < -0.4 is 9.47 Å². The van der Waals surface area contributed by atoms with Gasteiger partial charge in [0.15, 0.2) is 0 Å². The van der Waals surface area contributed by atoms with Crippen molar-refractivity contribution in [2.45, 2.75) is 188 Å². The van der Waals surface area contributed by atoms with Gasteiger partial charge in [0.05, 0.1) is 37.9 Å². The molecule has 0 aromatic heterocycles. The van der Waals surface area contributed by atoms with Crippen LogP contribution >= 0.6 is 0 Å². The van der Waals surface area contributed by atoms with E-state index >= 15 is 0 Å². The van der Waals surface area contributed by atoms with Crippen molar-refractivity contribution in [2.75, 3.05) is 13.2 Å². The fourth-order valence-corrected chi connectivity index (χ4v) is 6.59. The van der Waals surface area contributed by atoms with Gasteiger partial charge in [-0.25, -0.2) is 0 Å². The van der Waals surface area contributed by atoms with Crippen LogP contribution in [0.25, 0.3) is 0 Å². The number of unbranched alkanes of at least 4 members (excludes halogenated alkanes) is 16. The number of benzene rings is 2. The largest absolute Gasteiger partial charge is 0.499 e. The first-order valence-corrected chi connectivity index (χ1v) is 20.9. The van der Waals surface area contributed by atoms with Crippen LogP contribution in [-0.2, 0) is 14.9 Å². The molecule has 0 bridgehead atoms. The molecule has 0 radical (unpaired) electrons. The smallest absolute Gasteiger partial charge is 0.119 e. The van der Waals surface area contributed by atoms with E-state index in [4.69, 9.17) is 18.9 Å². The minimum absolute atomic E-state index is 0.0881. The molecule has 51 heavy (non-hydrogen) atoms. The van der Waals surface area contributed by atoms with E-state index in [0.29, 0.717) is 12.2 Å².